The van der Waals surface area contributed by atoms with Crippen LogP contribution in [0.4, 0.5) is 4.39 Å². The SMILES string of the molecule is O=C(c1ccccc1F)N1CCC(Cc2cccs2)CC1. The number of thiophene rings is 1. The quantitative estimate of drug-likeness (QED) is 0.840. The van der Waals surface area contributed by atoms with Crippen molar-refractivity contribution in [2.24, 2.45) is 5.92 Å². The average Bonchev–Trinajstić information content (AvgIpc) is 3.01. The van der Waals surface area contributed by atoms with Gasteiger partial charge in [0.1, 0.15) is 5.82 Å². The Bertz CT molecular complexity index is 603. The van der Waals surface area contributed by atoms with Gasteiger partial charge >= 0.3 is 0 Å². The van der Waals surface area contributed by atoms with E-state index in [0.29, 0.717) is 5.92 Å². The monoisotopic (exact) mass is 303 g/mol. The zero-order chi connectivity index (χ0) is 14.7. The maximum atomic E-state index is 13.7. The van der Waals surface area contributed by atoms with Crippen molar-refractivity contribution in [3.63, 3.8) is 0 Å². The Balaban J connectivity index is 1.58. The third-order valence-electron chi connectivity index (χ3n) is 4.08. The first-order valence-electron chi connectivity index (χ1n) is 7.30. The molecule has 1 aliphatic rings. The second-order valence-corrected chi connectivity index (χ2v) is 6.53. The predicted octanol–water partition coefficient (Wildman–Crippen LogP) is 3.98. The fourth-order valence-corrected chi connectivity index (χ4v) is 3.68. The maximum Gasteiger partial charge on any atom is 0.256 e. The molecule has 3 rings (SSSR count). The molecule has 0 atom stereocenters. The Kier molecular flexibility index (Phi) is 4.34. The number of amides is 1. The van der Waals surface area contributed by atoms with Crippen LogP contribution in [-0.4, -0.2) is 23.9 Å². The van der Waals surface area contributed by atoms with E-state index in [1.807, 2.05) is 0 Å². The Morgan fingerprint density at radius 3 is 2.62 bits per heavy atom. The van der Waals surface area contributed by atoms with Crippen LogP contribution in [-0.2, 0) is 6.42 Å². The van der Waals surface area contributed by atoms with Gasteiger partial charge in [-0.25, -0.2) is 4.39 Å². The van der Waals surface area contributed by atoms with Crippen LogP contribution in [0.3, 0.4) is 0 Å². The first-order valence-corrected chi connectivity index (χ1v) is 8.18. The highest BCUT2D eigenvalue weighted by Gasteiger charge is 2.25. The third-order valence-corrected chi connectivity index (χ3v) is 4.97. The summed E-state index contributed by atoms with van der Waals surface area (Å²) in [5.41, 5.74) is 0.189. The van der Waals surface area contributed by atoms with Crippen LogP contribution in [0.15, 0.2) is 41.8 Å². The summed E-state index contributed by atoms with van der Waals surface area (Å²) in [5.74, 6) is 0.0270. The van der Waals surface area contributed by atoms with Crippen LogP contribution in [0.25, 0.3) is 0 Å². The fourth-order valence-electron chi connectivity index (χ4n) is 2.86. The first-order chi connectivity index (χ1) is 10.2. The average molecular weight is 303 g/mol. The van der Waals surface area contributed by atoms with Crippen LogP contribution in [0.1, 0.15) is 28.1 Å². The van der Waals surface area contributed by atoms with Crippen molar-refractivity contribution < 1.29 is 9.18 Å². The molecule has 0 bridgehead atoms. The van der Waals surface area contributed by atoms with Gasteiger partial charge in [-0.3, -0.25) is 4.79 Å². The molecule has 110 valence electrons. The molecule has 0 spiro atoms. The normalized spacial score (nSPS) is 16.1. The number of hydrogen-bond acceptors (Lipinski definition) is 2. The number of rotatable bonds is 3. The molecule has 1 aliphatic heterocycles. The molecule has 1 saturated heterocycles. The van der Waals surface area contributed by atoms with E-state index in [1.165, 1.54) is 10.9 Å². The summed E-state index contributed by atoms with van der Waals surface area (Å²) in [6, 6.07) is 10.5. The number of nitrogens with zero attached hydrogens (tertiary/aromatic N) is 1. The second-order valence-electron chi connectivity index (χ2n) is 5.50. The highest BCUT2D eigenvalue weighted by atomic mass is 32.1. The lowest BCUT2D eigenvalue weighted by molar-refractivity contribution is 0.0686. The van der Waals surface area contributed by atoms with Crippen LogP contribution in [0.5, 0.6) is 0 Å². The summed E-state index contributed by atoms with van der Waals surface area (Å²) in [4.78, 5) is 15.5. The molecule has 1 aromatic heterocycles. The van der Waals surface area contributed by atoms with Gasteiger partial charge in [0.25, 0.3) is 5.91 Å². The first kappa shape index (κ1) is 14.3. The highest BCUT2D eigenvalue weighted by molar-refractivity contribution is 7.09. The Labute approximate surface area is 128 Å². The zero-order valence-electron chi connectivity index (χ0n) is 11.8. The minimum absolute atomic E-state index is 0.178. The van der Waals surface area contributed by atoms with Crippen LogP contribution >= 0.6 is 11.3 Å². The molecular weight excluding hydrogens is 285 g/mol. The summed E-state index contributed by atoms with van der Waals surface area (Å²) < 4.78 is 13.7. The van der Waals surface area contributed by atoms with Crippen molar-refractivity contribution in [1.29, 1.82) is 0 Å². The summed E-state index contributed by atoms with van der Waals surface area (Å²) >= 11 is 1.79. The molecule has 0 N–H and O–H groups in total. The number of piperidine rings is 1. The van der Waals surface area contributed by atoms with Crippen molar-refractivity contribution in [3.05, 3.63) is 58.0 Å². The lowest BCUT2D eigenvalue weighted by Crippen LogP contribution is -2.39. The summed E-state index contributed by atoms with van der Waals surface area (Å²) in [6.45, 7) is 1.45. The van der Waals surface area contributed by atoms with Gasteiger partial charge in [-0.15, -0.1) is 11.3 Å². The summed E-state index contributed by atoms with van der Waals surface area (Å²) in [5, 5.41) is 2.10. The van der Waals surface area contributed by atoms with Gasteiger partial charge in [0, 0.05) is 18.0 Å². The molecule has 4 heteroatoms. The minimum Gasteiger partial charge on any atom is -0.339 e. The molecule has 21 heavy (non-hydrogen) atoms. The highest BCUT2D eigenvalue weighted by Crippen LogP contribution is 2.25. The van der Waals surface area contributed by atoms with Crippen LogP contribution in [0, 0.1) is 11.7 Å². The number of benzene rings is 1. The van der Waals surface area contributed by atoms with Gasteiger partial charge in [0.15, 0.2) is 0 Å². The van der Waals surface area contributed by atoms with E-state index in [2.05, 4.69) is 17.5 Å². The minimum atomic E-state index is -0.428. The molecule has 0 aliphatic carbocycles. The molecule has 1 aromatic carbocycles. The third kappa shape index (κ3) is 3.32. The van der Waals surface area contributed by atoms with Crippen molar-refractivity contribution >= 4 is 17.2 Å². The molecule has 2 heterocycles. The molecule has 1 amide bonds. The maximum absolute atomic E-state index is 13.7. The van der Waals surface area contributed by atoms with E-state index in [0.717, 1.165) is 32.4 Å². The molecule has 1 fully saturated rings. The zero-order valence-corrected chi connectivity index (χ0v) is 12.6. The number of hydrogen-bond donors (Lipinski definition) is 0. The summed E-state index contributed by atoms with van der Waals surface area (Å²) in [7, 11) is 0. The van der Waals surface area contributed by atoms with Crippen LogP contribution < -0.4 is 0 Å². The van der Waals surface area contributed by atoms with Gasteiger partial charge in [0.2, 0.25) is 0 Å². The van der Waals surface area contributed by atoms with Gasteiger partial charge in [-0.05, 0) is 48.8 Å². The van der Waals surface area contributed by atoms with Gasteiger partial charge < -0.3 is 4.90 Å². The molecule has 0 unspecified atom stereocenters. The van der Waals surface area contributed by atoms with Crippen molar-refractivity contribution in [2.75, 3.05) is 13.1 Å². The Morgan fingerprint density at radius 2 is 1.95 bits per heavy atom. The molecule has 0 saturated carbocycles. The van der Waals surface area contributed by atoms with E-state index in [1.54, 1.807) is 34.4 Å². The molecule has 2 aromatic rings. The van der Waals surface area contributed by atoms with E-state index >= 15 is 0 Å². The smallest absolute Gasteiger partial charge is 0.256 e. The van der Waals surface area contributed by atoms with E-state index in [9.17, 15) is 9.18 Å². The number of likely N-dealkylation sites (tertiary alicyclic amines) is 1. The molecule has 2 nitrogen and oxygen atoms in total. The number of halogens is 1. The van der Waals surface area contributed by atoms with E-state index < -0.39 is 5.82 Å². The van der Waals surface area contributed by atoms with E-state index in [-0.39, 0.29) is 11.5 Å². The molecule has 0 radical (unpaired) electrons. The number of carbonyl (C=O) groups is 1. The lowest BCUT2D eigenvalue weighted by Gasteiger charge is -2.32. The van der Waals surface area contributed by atoms with E-state index in [4.69, 9.17) is 0 Å². The van der Waals surface area contributed by atoms with Gasteiger partial charge in [-0.2, -0.15) is 0 Å². The second kappa shape index (κ2) is 6.39. The Morgan fingerprint density at radius 1 is 1.19 bits per heavy atom. The number of carbonyl (C=O) groups excluding carboxylic acids is 1. The standard InChI is InChI=1S/C17H18FNOS/c18-16-6-2-1-5-15(16)17(20)19-9-7-13(8-10-19)12-14-4-3-11-21-14/h1-6,11,13H,7-10,12H2. The molecular formula is C17H18FNOS. The lowest BCUT2D eigenvalue weighted by atomic mass is 9.92. The van der Waals surface area contributed by atoms with Gasteiger partial charge in [-0.1, -0.05) is 18.2 Å². The van der Waals surface area contributed by atoms with Crippen molar-refractivity contribution in [3.8, 4) is 0 Å². The van der Waals surface area contributed by atoms with Crippen molar-refractivity contribution in [1.82, 2.24) is 4.90 Å². The van der Waals surface area contributed by atoms with Gasteiger partial charge in [0.05, 0.1) is 5.56 Å². The fraction of sp³-hybridized carbons (Fsp3) is 0.353. The Hall–Kier alpha value is -1.68. The topological polar surface area (TPSA) is 20.3 Å². The van der Waals surface area contributed by atoms with Crippen molar-refractivity contribution in [2.45, 2.75) is 19.3 Å². The van der Waals surface area contributed by atoms with Crippen LogP contribution in [0.2, 0.25) is 0 Å². The summed E-state index contributed by atoms with van der Waals surface area (Å²) in [6.07, 6.45) is 3.09. The largest absolute Gasteiger partial charge is 0.339 e. The predicted molar refractivity (Wildman–Crippen MR) is 83.1 cm³/mol.